The summed E-state index contributed by atoms with van der Waals surface area (Å²) < 4.78 is 7.33. The molecule has 2 aliphatic rings. The molecular weight excluding hydrogens is 656 g/mol. The fourth-order valence-corrected chi connectivity index (χ4v) is 6.61. The molecule has 1 saturated heterocycles. The van der Waals surface area contributed by atoms with Gasteiger partial charge in [-0.25, -0.2) is 15.0 Å². The highest BCUT2D eigenvalue weighted by molar-refractivity contribution is 9.10. The van der Waals surface area contributed by atoms with E-state index in [0.29, 0.717) is 52.1 Å². The van der Waals surface area contributed by atoms with Crippen molar-refractivity contribution < 1.29 is 23.9 Å². The van der Waals surface area contributed by atoms with Gasteiger partial charge < -0.3 is 20.3 Å². The minimum Gasteiger partial charge on any atom is -0.380 e. The van der Waals surface area contributed by atoms with Gasteiger partial charge in [0.1, 0.15) is 34.5 Å². The number of likely N-dealkylation sites (tertiary alicyclic amines) is 1. The topological polar surface area (TPSA) is 161 Å². The van der Waals surface area contributed by atoms with Gasteiger partial charge in [-0.1, -0.05) is 12.1 Å². The van der Waals surface area contributed by atoms with E-state index in [1.54, 1.807) is 43.5 Å². The average molecular weight is 690 g/mol. The lowest BCUT2D eigenvalue weighted by Crippen LogP contribution is -2.47. The van der Waals surface area contributed by atoms with E-state index in [1.165, 1.54) is 18.5 Å². The van der Waals surface area contributed by atoms with Gasteiger partial charge in [0.25, 0.3) is 0 Å². The highest BCUT2D eigenvalue weighted by atomic mass is 79.9. The highest BCUT2D eigenvalue weighted by Crippen LogP contribution is 2.59. The van der Waals surface area contributed by atoms with Gasteiger partial charge in [0, 0.05) is 67.9 Å². The molecule has 2 fully saturated rings. The lowest BCUT2D eigenvalue weighted by Gasteiger charge is -2.27. The van der Waals surface area contributed by atoms with Crippen molar-refractivity contribution in [3.05, 3.63) is 64.4 Å². The number of hydrogen-bond donors (Lipinski definition) is 2. The molecule has 1 saturated carbocycles. The number of anilines is 1. The molecule has 1 aromatic carbocycles. The van der Waals surface area contributed by atoms with Crippen LogP contribution >= 0.6 is 15.9 Å². The number of ether oxygens (including phenoxy) is 1. The van der Waals surface area contributed by atoms with E-state index in [2.05, 4.69) is 46.6 Å². The number of nitrogens with one attached hydrogen (secondary N) is 2. The standard InChI is InChI=1S/C32H33BrN8O5/c1-17(42)29-23-9-20(22-12-34-18(2)35-13-22)5-7-24(23)40(39-29)14-28(44)41-25(10-32(11-26(32)41)16-36-19(3)43)31(45)38-30-21(15-46-4)6-8-27(33)37-30/h5-9,12-13,25-26H,10-11,14-16H2,1-4H3,(H,36,43)(H,37,38,45)/t25-,26+,32-/m0/s1. The number of methoxy groups -OCH3 is 1. The number of nitrogens with zero attached hydrogens (tertiary/aromatic N) is 6. The minimum absolute atomic E-state index is 0.176. The van der Waals surface area contributed by atoms with E-state index in [0.717, 1.165) is 11.1 Å². The number of benzene rings is 1. The van der Waals surface area contributed by atoms with Crippen LogP contribution in [-0.4, -0.2) is 78.9 Å². The van der Waals surface area contributed by atoms with Gasteiger partial charge in [-0.15, -0.1) is 0 Å². The molecule has 238 valence electrons. The number of hydrogen-bond acceptors (Lipinski definition) is 9. The van der Waals surface area contributed by atoms with Gasteiger partial charge in [0.05, 0.1) is 12.1 Å². The summed E-state index contributed by atoms with van der Waals surface area (Å²) in [5.74, 6) is -0.132. The van der Waals surface area contributed by atoms with Crippen LogP contribution in [0, 0.1) is 12.3 Å². The Kier molecular flexibility index (Phi) is 8.42. The van der Waals surface area contributed by atoms with Crippen LogP contribution in [0.3, 0.4) is 0 Å². The summed E-state index contributed by atoms with van der Waals surface area (Å²) in [6.45, 7) is 5.09. The summed E-state index contributed by atoms with van der Waals surface area (Å²) in [6.07, 6.45) is 4.47. The number of piperidine rings is 1. The SMILES string of the molecule is COCc1ccc(Br)nc1NC(=O)[C@@H]1C[C@@]2(CNC(C)=O)C[C@H]2N1C(=O)Cn1nc(C(C)=O)c2cc(-c3cnc(C)nc3)ccc21. The molecule has 3 atom stereocenters. The quantitative estimate of drug-likeness (QED) is 0.188. The second kappa shape index (κ2) is 12.3. The van der Waals surface area contributed by atoms with Crippen molar-refractivity contribution in [1.82, 2.24) is 34.9 Å². The van der Waals surface area contributed by atoms with Crippen LogP contribution in [0.15, 0.2) is 47.3 Å². The minimum atomic E-state index is -0.807. The van der Waals surface area contributed by atoms with E-state index in [4.69, 9.17) is 4.74 Å². The molecule has 0 bridgehead atoms. The zero-order chi connectivity index (χ0) is 32.7. The molecule has 6 rings (SSSR count). The Morgan fingerprint density at radius 2 is 1.83 bits per heavy atom. The molecule has 46 heavy (non-hydrogen) atoms. The van der Waals surface area contributed by atoms with Crippen molar-refractivity contribution in [3.8, 4) is 11.1 Å². The van der Waals surface area contributed by atoms with Crippen LogP contribution in [-0.2, 0) is 32.3 Å². The van der Waals surface area contributed by atoms with Gasteiger partial charge in [0.15, 0.2) is 5.78 Å². The van der Waals surface area contributed by atoms with Crippen LogP contribution in [0.2, 0.25) is 0 Å². The summed E-state index contributed by atoms with van der Waals surface area (Å²) in [7, 11) is 1.55. The monoisotopic (exact) mass is 688 g/mol. The number of pyridine rings is 1. The third kappa shape index (κ3) is 6.01. The maximum atomic E-state index is 14.1. The van der Waals surface area contributed by atoms with Crippen molar-refractivity contribution in [3.63, 3.8) is 0 Å². The summed E-state index contributed by atoms with van der Waals surface area (Å²) in [5.41, 5.74) is 2.72. The summed E-state index contributed by atoms with van der Waals surface area (Å²) in [6, 6.07) is 8.06. The molecule has 4 heterocycles. The van der Waals surface area contributed by atoms with Crippen molar-refractivity contribution in [2.75, 3.05) is 19.0 Å². The smallest absolute Gasteiger partial charge is 0.248 e. The number of ketones is 1. The predicted molar refractivity (Wildman–Crippen MR) is 172 cm³/mol. The van der Waals surface area contributed by atoms with Crippen LogP contribution in [0.4, 0.5) is 5.82 Å². The van der Waals surface area contributed by atoms with Gasteiger partial charge in [-0.2, -0.15) is 5.10 Å². The van der Waals surface area contributed by atoms with Crippen molar-refractivity contribution in [2.45, 2.75) is 58.8 Å². The number of halogens is 1. The van der Waals surface area contributed by atoms with E-state index >= 15 is 0 Å². The number of rotatable bonds is 10. The number of aryl methyl sites for hydroxylation is 1. The number of carbonyl (C=O) groups is 4. The predicted octanol–water partition coefficient (Wildman–Crippen LogP) is 3.44. The van der Waals surface area contributed by atoms with Crippen LogP contribution < -0.4 is 10.6 Å². The Labute approximate surface area is 273 Å². The van der Waals surface area contributed by atoms with E-state index in [1.807, 2.05) is 18.2 Å². The Balaban J connectivity index is 1.30. The second-order valence-electron chi connectivity index (χ2n) is 11.9. The first-order chi connectivity index (χ1) is 22.0. The number of Topliss-reactive ketones (excluding diaryl/α,β-unsaturated/α-hetero) is 1. The Bertz CT molecular complexity index is 1880. The molecule has 3 aromatic heterocycles. The van der Waals surface area contributed by atoms with Gasteiger partial charge >= 0.3 is 0 Å². The Hall–Kier alpha value is -4.56. The van der Waals surface area contributed by atoms with Crippen LogP contribution in [0.25, 0.3) is 22.0 Å². The first-order valence-electron chi connectivity index (χ1n) is 14.8. The molecular formula is C32H33BrN8O5. The first-order valence-corrected chi connectivity index (χ1v) is 15.6. The lowest BCUT2D eigenvalue weighted by molar-refractivity contribution is -0.138. The van der Waals surface area contributed by atoms with Crippen molar-refractivity contribution in [1.29, 1.82) is 0 Å². The van der Waals surface area contributed by atoms with Crippen LogP contribution in [0.5, 0.6) is 0 Å². The first kappa shape index (κ1) is 31.4. The molecule has 3 amide bonds. The molecule has 2 N–H and O–H groups in total. The molecule has 1 aliphatic carbocycles. The second-order valence-corrected chi connectivity index (χ2v) is 12.7. The third-order valence-electron chi connectivity index (χ3n) is 8.67. The van der Waals surface area contributed by atoms with Crippen molar-refractivity contribution in [2.24, 2.45) is 5.41 Å². The zero-order valence-corrected chi connectivity index (χ0v) is 27.4. The summed E-state index contributed by atoms with van der Waals surface area (Å²) in [5, 5.41) is 10.9. The van der Waals surface area contributed by atoms with Gasteiger partial charge in [-0.05, 0) is 59.5 Å². The fourth-order valence-electron chi connectivity index (χ4n) is 6.30. The zero-order valence-electron chi connectivity index (χ0n) is 25.8. The Morgan fingerprint density at radius 1 is 1.07 bits per heavy atom. The molecule has 14 heteroatoms. The number of amides is 3. The average Bonchev–Trinajstić information content (AvgIpc) is 3.44. The molecule has 0 spiro atoms. The van der Waals surface area contributed by atoms with E-state index in [-0.39, 0.29) is 48.4 Å². The lowest BCUT2D eigenvalue weighted by atomic mass is 9.99. The summed E-state index contributed by atoms with van der Waals surface area (Å²) in [4.78, 5) is 66.9. The van der Waals surface area contributed by atoms with Gasteiger partial charge in [0.2, 0.25) is 17.7 Å². The van der Waals surface area contributed by atoms with Crippen LogP contribution in [0.1, 0.15) is 48.6 Å². The maximum absolute atomic E-state index is 14.1. The molecule has 0 unspecified atom stereocenters. The van der Waals surface area contributed by atoms with Crippen molar-refractivity contribution >= 4 is 56.2 Å². The molecule has 0 radical (unpaired) electrons. The third-order valence-corrected chi connectivity index (χ3v) is 9.11. The normalized spacial score (nSPS) is 20.0. The largest absolute Gasteiger partial charge is 0.380 e. The number of aromatic nitrogens is 5. The fraction of sp³-hybridized carbons (Fsp3) is 0.375. The molecule has 1 aliphatic heterocycles. The molecule has 13 nitrogen and oxygen atoms in total. The number of carbonyl (C=O) groups excluding carboxylic acids is 4. The Morgan fingerprint density at radius 3 is 2.52 bits per heavy atom. The van der Waals surface area contributed by atoms with E-state index in [9.17, 15) is 19.2 Å². The maximum Gasteiger partial charge on any atom is 0.248 e. The molecule has 4 aromatic rings. The van der Waals surface area contributed by atoms with E-state index < -0.39 is 11.5 Å². The van der Waals surface area contributed by atoms with Gasteiger partial charge in [-0.3, -0.25) is 23.9 Å². The highest BCUT2D eigenvalue weighted by Gasteiger charge is 2.67. The summed E-state index contributed by atoms with van der Waals surface area (Å²) >= 11 is 3.36. The number of fused-ring (bicyclic) bond motifs is 2.